The zero-order valence-corrected chi connectivity index (χ0v) is 16.3. The second-order valence-corrected chi connectivity index (χ2v) is 7.68. The van der Waals surface area contributed by atoms with E-state index in [0.29, 0.717) is 29.0 Å². The largest absolute Gasteiger partial charge is 0.396 e. The Balaban J connectivity index is 1.67. The zero-order chi connectivity index (χ0) is 19.9. The average molecular weight is 404 g/mol. The molecule has 28 heavy (non-hydrogen) atoms. The molecule has 0 radical (unpaired) electrons. The topological polar surface area (TPSA) is 113 Å². The summed E-state index contributed by atoms with van der Waals surface area (Å²) in [6.07, 6.45) is 4.47. The highest BCUT2D eigenvalue weighted by atomic mass is 32.2. The number of carbonyl (C=O) groups is 2. The number of nitrogens with one attached hydrogen (secondary N) is 2. The number of para-hydroxylation sites is 1. The first-order valence-electron chi connectivity index (χ1n) is 9.42. The van der Waals surface area contributed by atoms with E-state index >= 15 is 0 Å². The van der Waals surface area contributed by atoms with Gasteiger partial charge in [-0.1, -0.05) is 36.7 Å². The normalized spacial score (nSPS) is 14.3. The quantitative estimate of drug-likeness (QED) is 0.478. The number of imide groups is 1. The van der Waals surface area contributed by atoms with Gasteiger partial charge in [0, 0.05) is 19.2 Å². The second kappa shape index (κ2) is 9.70. The Morgan fingerprint density at radius 3 is 2.75 bits per heavy atom. The number of rotatable bonds is 7. The van der Waals surface area contributed by atoms with Crippen molar-refractivity contribution in [2.45, 2.75) is 49.8 Å². The molecule has 0 atom stereocenters. The van der Waals surface area contributed by atoms with E-state index in [1.165, 1.54) is 4.57 Å². The molecule has 1 aromatic heterocycles. The summed E-state index contributed by atoms with van der Waals surface area (Å²) in [4.78, 5) is 41.3. The van der Waals surface area contributed by atoms with Crippen LogP contribution in [0.4, 0.5) is 4.79 Å². The maximum absolute atomic E-state index is 12.7. The number of aromatic nitrogens is 2. The Morgan fingerprint density at radius 1 is 1.25 bits per heavy atom. The van der Waals surface area contributed by atoms with E-state index in [2.05, 4.69) is 15.6 Å². The third kappa shape index (κ3) is 5.11. The van der Waals surface area contributed by atoms with Crippen molar-refractivity contribution in [1.29, 1.82) is 0 Å². The van der Waals surface area contributed by atoms with Crippen molar-refractivity contribution in [2.24, 2.45) is 0 Å². The van der Waals surface area contributed by atoms with E-state index in [9.17, 15) is 14.4 Å². The van der Waals surface area contributed by atoms with E-state index < -0.39 is 11.9 Å². The summed E-state index contributed by atoms with van der Waals surface area (Å²) in [6.45, 7) is 0.254. The molecule has 3 rings (SSSR count). The van der Waals surface area contributed by atoms with Gasteiger partial charge in [0.1, 0.15) is 0 Å². The predicted octanol–water partition coefficient (Wildman–Crippen LogP) is 1.64. The van der Waals surface area contributed by atoms with Crippen LogP contribution in [-0.4, -0.2) is 45.0 Å². The maximum Gasteiger partial charge on any atom is 0.321 e. The van der Waals surface area contributed by atoms with Crippen molar-refractivity contribution in [3.8, 4) is 0 Å². The lowest BCUT2D eigenvalue weighted by atomic mass is 10.2. The van der Waals surface area contributed by atoms with Gasteiger partial charge < -0.3 is 10.4 Å². The van der Waals surface area contributed by atoms with Crippen LogP contribution >= 0.6 is 11.8 Å². The number of amides is 3. The molecule has 1 heterocycles. The SMILES string of the molecule is O=C(CSc1nc2ccccc2c(=O)n1CCCO)NC(=O)NC1CCCC1. The Bertz CT molecular complexity index is 908. The van der Waals surface area contributed by atoms with E-state index in [-0.39, 0.29) is 24.0 Å². The summed E-state index contributed by atoms with van der Waals surface area (Å²) < 4.78 is 1.47. The molecule has 1 aromatic carbocycles. The van der Waals surface area contributed by atoms with Crippen molar-refractivity contribution in [3.05, 3.63) is 34.6 Å². The van der Waals surface area contributed by atoms with Gasteiger partial charge in [-0.3, -0.25) is 19.5 Å². The van der Waals surface area contributed by atoms with Gasteiger partial charge in [-0.15, -0.1) is 0 Å². The van der Waals surface area contributed by atoms with Crippen molar-refractivity contribution < 1.29 is 14.7 Å². The van der Waals surface area contributed by atoms with Gasteiger partial charge in [-0.2, -0.15) is 0 Å². The molecular weight excluding hydrogens is 380 g/mol. The molecule has 3 amide bonds. The molecule has 0 unspecified atom stereocenters. The molecule has 2 aromatic rings. The van der Waals surface area contributed by atoms with Crippen LogP contribution < -0.4 is 16.2 Å². The molecule has 3 N–H and O–H groups in total. The highest BCUT2D eigenvalue weighted by Gasteiger charge is 2.19. The predicted molar refractivity (Wildman–Crippen MR) is 107 cm³/mol. The van der Waals surface area contributed by atoms with Crippen LogP contribution in [0.5, 0.6) is 0 Å². The van der Waals surface area contributed by atoms with Crippen LogP contribution in [-0.2, 0) is 11.3 Å². The number of thioether (sulfide) groups is 1. The van der Waals surface area contributed by atoms with Crippen LogP contribution in [0.3, 0.4) is 0 Å². The van der Waals surface area contributed by atoms with Gasteiger partial charge >= 0.3 is 6.03 Å². The van der Waals surface area contributed by atoms with Gasteiger partial charge in [-0.05, 0) is 31.4 Å². The number of hydrogen-bond donors (Lipinski definition) is 3. The zero-order valence-electron chi connectivity index (χ0n) is 15.5. The Kier molecular flexibility index (Phi) is 7.05. The second-order valence-electron chi connectivity index (χ2n) is 6.74. The van der Waals surface area contributed by atoms with Gasteiger partial charge in [0.15, 0.2) is 5.16 Å². The number of carbonyl (C=O) groups excluding carboxylic acids is 2. The number of hydrogen-bond acceptors (Lipinski definition) is 6. The van der Waals surface area contributed by atoms with Crippen molar-refractivity contribution in [2.75, 3.05) is 12.4 Å². The summed E-state index contributed by atoms with van der Waals surface area (Å²) in [5.41, 5.74) is 0.343. The smallest absolute Gasteiger partial charge is 0.321 e. The molecule has 0 saturated heterocycles. The molecular formula is C19H24N4O4S. The Morgan fingerprint density at radius 2 is 2.00 bits per heavy atom. The minimum absolute atomic E-state index is 0.0397. The van der Waals surface area contributed by atoms with Crippen LogP contribution in [0.1, 0.15) is 32.1 Å². The minimum Gasteiger partial charge on any atom is -0.396 e. The van der Waals surface area contributed by atoms with Crippen molar-refractivity contribution in [3.63, 3.8) is 0 Å². The molecule has 1 fully saturated rings. The fraction of sp³-hybridized carbons (Fsp3) is 0.474. The fourth-order valence-corrected chi connectivity index (χ4v) is 4.09. The van der Waals surface area contributed by atoms with Crippen molar-refractivity contribution >= 4 is 34.6 Å². The molecule has 0 aliphatic heterocycles. The van der Waals surface area contributed by atoms with E-state index in [4.69, 9.17) is 5.11 Å². The van der Waals surface area contributed by atoms with Gasteiger partial charge in [-0.25, -0.2) is 9.78 Å². The first kappa shape index (κ1) is 20.3. The summed E-state index contributed by atoms with van der Waals surface area (Å²) >= 11 is 1.10. The summed E-state index contributed by atoms with van der Waals surface area (Å²) in [5.74, 6) is -0.487. The van der Waals surface area contributed by atoms with Gasteiger partial charge in [0.2, 0.25) is 5.91 Å². The number of fused-ring (bicyclic) bond motifs is 1. The third-order valence-electron chi connectivity index (χ3n) is 4.64. The van der Waals surface area contributed by atoms with Gasteiger partial charge in [0.25, 0.3) is 5.56 Å². The Labute approximate surface area is 166 Å². The van der Waals surface area contributed by atoms with Gasteiger partial charge in [0.05, 0.1) is 16.7 Å². The standard InChI is InChI=1S/C19H24N4O4S/c24-11-5-10-23-17(26)14-8-3-4-9-15(14)21-19(23)28-12-16(25)22-18(27)20-13-6-1-2-7-13/h3-4,8-9,13,24H,1-2,5-7,10-12H2,(H2,20,22,25,27). The summed E-state index contributed by atoms with van der Waals surface area (Å²) in [5, 5.41) is 15.1. The number of aliphatic hydroxyl groups excluding tert-OH is 1. The van der Waals surface area contributed by atoms with Crippen molar-refractivity contribution in [1.82, 2.24) is 20.2 Å². The number of benzene rings is 1. The summed E-state index contributed by atoms with van der Waals surface area (Å²) in [7, 11) is 0. The molecule has 8 nitrogen and oxygen atoms in total. The maximum atomic E-state index is 12.7. The molecule has 9 heteroatoms. The lowest BCUT2D eigenvalue weighted by Crippen LogP contribution is -2.44. The number of nitrogens with zero attached hydrogens (tertiary/aromatic N) is 2. The first-order chi connectivity index (χ1) is 13.6. The number of urea groups is 1. The fourth-order valence-electron chi connectivity index (χ4n) is 3.27. The van der Waals surface area contributed by atoms with E-state index in [0.717, 1.165) is 37.4 Å². The monoisotopic (exact) mass is 404 g/mol. The molecule has 1 aliphatic carbocycles. The molecule has 150 valence electrons. The highest BCUT2D eigenvalue weighted by molar-refractivity contribution is 7.99. The lowest BCUT2D eigenvalue weighted by Gasteiger charge is -2.13. The minimum atomic E-state index is -0.485. The van der Waals surface area contributed by atoms with E-state index in [1.54, 1.807) is 24.3 Å². The average Bonchev–Trinajstić information content (AvgIpc) is 3.18. The molecule has 1 saturated carbocycles. The molecule has 0 spiro atoms. The van der Waals surface area contributed by atoms with E-state index in [1.807, 2.05) is 0 Å². The number of aliphatic hydroxyl groups is 1. The molecule has 0 bridgehead atoms. The first-order valence-corrected chi connectivity index (χ1v) is 10.4. The van der Waals surface area contributed by atoms with Crippen LogP contribution in [0, 0.1) is 0 Å². The lowest BCUT2D eigenvalue weighted by molar-refractivity contribution is -0.117. The van der Waals surface area contributed by atoms with Crippen LogP contribution in [0.25, 0.3) is 10.9 Å². The Hall–Kier alpha value is -2.39. The van der Waals surface area contributed by atoms with Crippen LogP contribution in [0.15, 0.2) is 34.2 Å². The summed E-state index contributed by atoms with van der Waals surface area (Å²) in [6, 6.07) is 6.65. The third-order valence-corrected chi connectivity index (χ3v) is 5.62. The highest BCUT2D eigenvalue weighted by Crippen LogP contribution is 2.19. The molecule has 1 aliphatic rings. The van der Waals surface area contributed by atoms with Crippen LogP contribution in [0.2, 0.25) is 0 Å².